The molecule has 5 heteroatoms. The molecule has 0 radical (unpaired) electrons. The van der Waals surface area contributed by atoms with Crippen LogP contribution in [0.1, 0.15) is 34.7 Å². The van der Waals surface area contributed by atoms with Crippen LogP contribution in [0.5, 0.6) is 0 Å². The van der Waals surface area contributed by atoms with Crippen molar-refractivity contribution in [3.8, 4) is 11.1 Å². The molecule has 0 unspecified atom stereocenters. The van der Waals surface area contributed by atoms with E-state index in [-0.39, 0.29) is 5.92 Å². The van der Waals surface area contributed by atoms with Crippen molar-refractivity contribution in [2.24, 2.45) is 0 Å². The van der Waals surface area contributed by atoms with E-state index >= 15 is 0 Å². The Kier molecular flexibility index (Phi) is 5.80. The Morgan fingerprint density at radius 3 is 2.47 bits per heavy atom. The predicted molar refractivity (Wildman–Crippen MR) is 120 cm³/mol. The van der Waals surface area contributed by atoms with E-state index in [0.717, 1.165) is 11.3 Å². The van der Waals surface area contributed by atoms with Crippen LogP contribution in [0.2, 0.25) is 0 Å². The van der Waals surface area contributed by atoms with Gasteiger partial charge in [0.25, 0.3) is 0 Å². The third kappa shape index (κ3) is 4.20. The second-order valence-corrected chi connectivity index (χ2v) is 7.41. The van der Waals surface area contributed by atoms with Crippen LogP contribution in [-0.4, -0.2) is 24.2 Å². The van der Waals surface area contributed by atoms with Gasteiger partial charge < -0.3 is 15.8 Å². The first-order chi connectivity index (χ1) is 14.6. The molecular weight excluding hydrogens is 374 g/mol. The topological polar surface area (TPSA) is 77.2 Å². The maximum absolute atomic E-state index is 12.2. The van der Waals surface area contributed by atoms with Gasteiger partial charge in [-0.1, -0.05) is 54.6 Å². The number of nitrogens with one attached hydrogen (secondary N) is 1. The maximum atomic E-state index is 12.2. The molecule has 2 aromatic carbocycles. The molecule has 5 nitrogen and oxygen atoms in total. The second kappa shape index (κ2) is 8.82. The summed E-state index contributed by atoms with van der Waals surface area (Å²) in [7, 11) is 0. The molecule has 3 N–H and O–H groups in total. The average Bonchev–Trinajstić information content (AvgIpc) is 3.08. The number of nitrogens with zero attached hydrogens (tertiary/aromatic N) is 1. The van der Waals surface area contributed by atoms with E-state index in [1.54, 1.807) is 6.20 Å². The van der Waals surface area contributed by atoms with Crippen molar-refractivity contribution < 1.29 is 9.53 Å². The highest BCUT2D eigenvalue weighted by molar-refractivity contribution is 5.79. The van der Waals surface area contributed by atoms with Gasteiger partial charge in [0.2, 0.25) is 0 Å². The zero-order chi connectivity index (χ0) is 20.9. The SMILES string of the molecule is Cc1cc(C=CCCNC(=O)OCC2c3ccccc3-c3ccccc32)ncc1N. The number of rotatable bonds is 6. The number of aromatic nitrogens is 1. The Hall–Kier alpha value is -3.60. The number of carbonyl (C=O) groups is 1. The van der Waals surface area contributed by atoms with Crippen molar-refractivity contribution in [1.82, 2.24) is 10.3 Å². The van der Waals surface area contributed by atoms with Gasteiger partial charge in [-0.3, -0.25) is 4.98 Å². The normalized spacial score (nSPS) is 12.6. The van der Waals surface area contributed by atoms with Crippen molar-refractivity contribution in [3.05, 3.63) is 89.3 Å². The summed E-state index contributed by atoms with van der Waals surface area (Å²) in [6.07, 6.45) is 5.85. The van der Waals surface area contributed by atoms with Crippen molar-refractivity contribution in [2.75, 3.05) is 18.9 Å². The lowest BCUT2D eigenvalue weighted by Gasteiger charge is -2.14. The molecule has 1 amide bonds. The summed E-state index contributed by atoms with van der Waals surface area (Å²) < 4.78 is 5.53. The van der Waals surface area contributed by atoms with E-state index in [2.05, 4.69) is 34.6 Å². The van der Waals surface area contributed by atoms with E-state index in [9.17, 15) is 4.79 Å². The molecule has 1 aliphatic carbocycles. The van der Waals surface area contributed by atoms with E-state index < -0.39 is 6.09 Å². The van der Waals surface area contributed by atoms with Gasteiger partial charge in [0.15, 0.2) is 0 Å². The number of benzene rings is 2. The van der Waals surface area contributed by atoms with Crippen LogP contribution in [-0.2, 0) is 4.74 Å². The van der Waals surface area contributed by atoms with Crippen LogP contribution in [0.3, 0.4) is 0 Å². The Bertz CT molecular complexity index is 1050. The molecule has 0 saturated carbocycles. The Balaban J connectivity index is 1.27. The number of amides is 1. The van der Waals surface area contributed by atoms with E-state index in [4.69, 9.17) is 10.5 Å². The third-order valence-electron chi connectivity index (χ3n) is 5.39. The third-order valence-corrected chi connectivity index (χ3v) is 5.39. The molecule has 3 aromatic rings. The Morgan fingerprint density at radius 2 is 1.80 bits per heavy atom. The van der Waals surface area contributed by atoms with Gasteiger partial charge in [-0.05, 0) is 53.3 Å². The predicted octanol–water partition coefficient (Wildman–Crippen LogP) is 4.91. The van der Waals surface area contributed by atoms with Crippen LogP contribution in [0, 0.1) is 6.92 Å². The fourth-order valence-corrected chi connectivity index (χ4v) is 3.79. The number of nitrogen functional groups attached to an aromatic ring is 1. The van der Waals surface area contributed by atoms with Gasteiger partial charge in [0, 0.05) is 12.5 Å². The van der Waals surface area contributed by atoms with Crippen LogP contribution >= 0.6 is 0 Å². The van der Waals surface area contributed by atoms with E-state index in [1.165, 1.54) is 22.3 Å². The summed E-state index contributed by atoms with van der Waals surface area (Å²) in [5, 5.41) is 2.81. The highest BCUT2D eigenvalue weighted by atomic mass is 16.5. The zero-order valence-electron chi connectivity index (χ0n) is 17.0. The molecule has 0 bridgehead atoms. The number of anilines is 1. The summed E-state index contributed by atoms with van der Waals surface area (Å²) in [4.78, 5) is 16.4. The van der Waals surface area contributed by atoms with Gasteiger partial charge in [-0.15, -0.1) is 0 Å². The zero-order valence-corrected chi connectivity index (χ0v) is 17.0. The fraction of sp³-hybridized carbons (Fsp3) is 0.200. The minimum absolute atomic E-state index is 0.0721. The first-order valence-electron chi connectivity index (χ1n) is 10.1. The monoisotopic (exact) mass is 399 g/mol. The fourth-order valence-electron chi connectivity index (χ4n) is 3.79. The molecular formula is C25H25N3O2. The lowest BCUT2D eigenvalue weighted by atomic mass is 9.98. The summed E-state index contributed by atoms with van der Waals surface area (Å²) in [6, 6.07) is 18.5. The highest BCUT2D eigenvalue weighted by Crippen LogP contribution is 2.44. The van der Waals surface area contributed by atoms with Crippen molar-refractivity contribution in [3.63, 3.8) is 0 Å². The molecule has 152 valence electrons. The molecule has 30 heavy (non-hydrogen) atoms. The number of hydrogen-bond acceptors (Lipinski definition) is 4. The number of alkyl carbamates (subject to hydrolysis) is 1. The summed E-state index contributed by atoms with van der Waals surface area (Å²) in [5.41, 5.74) is 13.2. The van der Waals surface area contributed by atoms with Gasteiger partial charge in [0.1, 0.15) is 6.61 Å². The number of nitrogens with two attached hydrogens (primary N) is 1. The molecule has 0 fully saturated rings. The second-order valence-electron chi connectivity index (χ2n) is 7.41. The average molecular weight is 399 g/mol. The summed E-state index contributed by atoms with van der Waals surface area (Å²) in [5.74, 6) is 0.0721. The van der Waals surface area contributed by atoms with Crippen LogP contribution in [0.4, 0.5) is 10.5 Å². The number of aryl methyl sites for hydroxylation is 1. The molecule has 4 rings (SSSR count). The van der Waals surface area contributed by atoms with Crippen molar-refractivity contribution in [2.45, 2.75) is 19.3 Å². The van der Waals surface area contributed by atoms with Crippen LogP contribution < -0.4 is 11.1 Å². The summed E-state index contributed by atoms with van der Waals surface area (Å²) >= 11 is 0. The molecule has 0 atom stereocenters. The van der Waals surface area contributed by atoms with Gasteiger partial charge in [0.05, 0.1) is 17.6 Å². The number of ether oxygens (including phenoxy) is 1. The molecule has 0 saturated heterocycles. The van der Waals surface area contributed by atoms with Crippen LogP contribution in [0.15, 0.2) is 66.9 Å². The van der Waals surface area contributed by atoms with Gasteiger partial charge in [-0.25, -0.2) is 4.79 Å². The minimum Gasteiger partial charge on any atom is -0.449 e. The standard InChI is InChI=1S/C25H25N3O2/c1-17-14-18(28-15-24(17)26)8-6-7-13-27-25(29)30-16-23-21-11-4-2-9-19(21)20-10-3-5-12-22(20)23/h2-6,8-12,14-15,23H,7,13,16,26H2,1H3,(H,27,29). The molecule has 0 aliphatic heterocycles. The molecule has 1 heterocycles. The maximum Gasteiger partial charge on any atom is 0.407 e. The number of hydrogen-bond donors (Lipinski definition) is 2. The smallest absolute Gasteiger partial charge is 0.407 e. The molecule has 1 aliphatic rings. The summed E-state index contributed by atoms with van der Waals surface area (Å²) in [6.45, 7) is 2.78. The Morgan fingerprint density at radius 1 is 1.13 bits per heavy atom. The first kappa shape index (κ1) is 19.7. The van der Waals surface area contributed by atoms with Crippen molar-refractivity contribution in [1.29, 1.82) is 0 Å². The highest BCUT2D eigenvalue weighted by Gasteiger charge is 2.28. The van der Waals surface area contributed by atoms with Crippen molar-refractivity contribution >= 4 is 17.9 Å². The van der Waals surface area contributed by atoms with E-state index in [0.29, 0.717) is 25.3 Å². The van der Waals surface area contributed by atoms with Gasteiger partial charge >= 0.3 is 6.09 Å². The Labute approximate surface area is 176 Å². The van der Waals surface area contributed by atoms with Crippen LogP contribution in [0.25, 0.3) is 17.2 Å². The largest absolute Gasteiger partial charge is 0.449 e. The lowest BCUT2D eigenvalue weighted by molar-refractivity contribution is 0.143. The molecule has 1 aromatic heterocycles. The number of carbonyl (C=O) groups excluding carboxylic acids is 1. The quantitative estimate of drug-likeness (QED) is 0.577. The first-order valence-corrected chi connectivity index (χ1v) is 10.1. The van der Waals surface area contributed by atoms with E-state index in [1.807, 2.05) is 49.4 Å². The number of pyridine rings is 1. The molecule has 0 spiro atoms. The number of fused-ring (bicyclic) bond motifs is 3. The minimum atomic E-state index is -0.397. The van der Waals surface area contributed by atoms with Gasteiger partial charge in [-0.2, -0.15) is 0 Å². The lowest BCUT2D eigenvalue weighted by Crippen LogP contribution is -2.26.